The van der Waals surface area contributed by atoms with Crippen LogP contribution in [0.15, 0.2) is 49.1 Å². The minimum absolute atomic E-state index is 0.0288. The molecule has 1 saturated heterocycles. The Hall–Kier alpha value is -3.71. The molecule has 0 spiro atoms. The van der Waals surface area contributed by atoms with Gasteiger partial charge in [0.15, 0.2) is 12.0 Å². The lowest BCUT2D eigenvalue weighted by Crippen LogP contribution is -2.21. The van der Waals surface area contributed by atoms with Crippen molar-refractivity contribution >= 4 is 0 Å². The Morgan fingerprint density at radius 1 is 1.04 bits per heavy atom. The minimum Gasteiger partial charge on any atom is -0.315 e. The van der Waals surface area contributed by atoms with Gasteiger partial charge in [-0.1, -0.05) is 0 Å². The van der Waals surface area contributed by atoms with Gasteiger partial charge in [0.25, 0.3) is 0 Å². The Bertz CT molecular complexity index is 1010. The van der Waals surface area contributed by atoms with Crippen molar-refractivity contribution in [1.29, 1.82) is 10.5 Å². The number of imidazole rings is 1. The summed E-state index contributed by atoms with van der Waals surface area (Å²) in [5.41, 5.74) is 2.91. The molecule has 7 heteroatoms. The summed E-state index contributed by atoms with van der Waals surface area (Å²) >= 11 is 0. The predicted octanol–water partition coefficient (Wildman–Crippen LogP) is 2.95. The fourth-order valence-corrected chi connectivity index (χ4v) is 3.14. The van der Waals surface area contributed by atoms with Crippen LogP contribution in [-0.2, 0) is 0 Å². The molecule has 0 N–H and O–H groups in total. The first-order valence-electron chi connectivity index (χ1n) is 8.32. The van der Waals surface area contributed by atoms with E-state index in [0.717, 1.165) is 36.3 Å². The van der Waals surface area contributed by atoms with Gasteiger partial charge in [0, 0.05) is 24.5 Å². The molecule has 126 valence electrons. The normalized spacial score (nSPS) is 16.2. The van der Waals surface area contributed by atoms with E-state index in [1.54, 1.807) is 29.6 Å². The van der Waals surface area contributed by atoms with Crippen LogP contribution in [0, 0.1) is 22.8 Å². The minimum atomic E-state index is 0.0288. The largest absolute Gasteiger partial charge is 0.315 e. The van der Waals surface area contributed by atoms with E-state index in [2.05, 4.69) is 27.2 Å². The third-order valence-electron chi connectivity index (χ3n) is 4.49. The van der Waals surface area contributed by atoms with Crippen molar-refractivity contribution in [3.8, 4) is 35.0 Å². The van der Waals surface area contributed by atoms with Crippen LogP contribution in [0.2, 0.25) is 0 Å². The van der Waals surface area contributed by atoms with E-state index in [0.29, 0.717) is 11.4 Å². The van der Waals surface area contributed by atoms with E-state index in [1.165, 1.54) is 0 Å². The maximum Gasteiger partial charge on any atom is 0.181 e. The van der Waals surface area contributed by atoms with Crippen LogP contribution in [0.3, 0.4) is 0 Å². The van der Waals surface area contributed by atoms with E-state index in [4.69, 9.17) is 5.26 Å². The highest BCUT2D eigenvalue weighted by molar-refractivity contribution is 5.61. The quantitative estimate of drug-likeness (QED) is 0.680. The Morgan fingerprint density at radius 3 is 2.65 bits per heavy atom. The molecule has 0 unspecified atom stereocenters. The summed E-state index contributed by atoms with van der Waals surface area (Å²) in [5.74, 6) is 0.584. The molecule has 1 atom stereocenters. The first-order valence-corrected chi connectivity index (χ1v) is 8.32. The van der Waals surface area contributed by atoms with Gasteiger partial charge < -0.3 is 4.57 Å². The smallest absolute Gasteiger partial charge is 0.181 e. The Morgan fingerprint density at radius 2 is 1.88 bits per heavy atom. The molecule has 3 heterocycles. The number of rotatable bonds is 3. The molecule has 0 saturated carbocycles. The summed E-state index contributed by atoms with van der Waals surface area (Å²) in [4.78, 5) is 15.1. The molecule has 1 fully saturated rings. The number of hydrogen-bond donors (Lipinski definition) is 0. The number of nitrogens with zero attached hydrogens (tertiary/aromatic N) is 7. The van der Waals surface area contributed by atoms with Crippen LogP contribution >= 0.6 is 0 Å². The van der Waals surface area contributed by atoms with Crippen molar-refractivity contribution in [2.24, 2.45) is 0 Å². The van der Waals surface area contributed by atoms with Crippen molar-refractivity contribution in [2.45, 2.75) is 19.0 Å². The number of nitriles is 2. The number of likely N-dealkylation sites (tertiary alicyclic amines) is 1. The highest BCUT2D eigenvalue weighted by Gasteiger charge is 2.25. The maximum absolute atomic E-state index is 9.22. The topological polar surface area (TPSA) is 94.4 Å². The van der Waals surface area contributed by atoms with Gasteiger partial charge in [-0.25, -0.2) is 15.0 Å². The lowest BCUT2D eigenvalue weighted by atomic mass is 10.1. The van der Waals surface area contributed by atoms with Gasteiger partial charge in [0.05, 0.1) is 23.7 Å². The van der Waals surface area contributed by atoms with Crippen molar-refractivity contribution in [3.63, 3.8) is 0 Å². The van der Waals surface area contributed by atoms with Crippen molar-refractivity contribution < 1.29 is 0 Å². The zero-order valence-corrected chi connectivity index (χ0v) is 13.9. The second-order valence-corrected chi connectivity index (χ2v) is 6.08. The van der Waals surface area contributed by atoms with Gasteiger partial charge in [0.1, 0.15) is 11.9 Å². The van der Waals surface area contributed by atoms with Gasteiger partial charge in [-0.3, -0.25) is 4.90 Å². The zero-order valence-electron chi connectivity index (χ0n) is 13.9. The molecule has 0 amide bonds. The molecular weight excluding hydrogens is 326 g/mol. The van der Waals surface area contributed by atoms with Crippen LogP contribution < -0.4 is 0 Å². The SMILES string of the molecule is N#Cc1ccc(-c2nccc(-c3cn([C@@H]4CCCN4C#N)cn3)n2)cc1. The second-order valence-electron chi connectivity index (χ2n) is 6.08. The summed E-state index contributed by atoms with van der Waals surface area (Å²) in [5, 5.41) is 18.1. The van der Waals surface area contributed by atoms with Crippen molar-refractivity contribution in [1.82, 2.24) is 24.4 Å². The number of hydrogen-bond acceptors (Lipinski definition) is 6. The molecule has 2 aromatic heterocycles. The number of aromatic nitrogens is 4. The predicted molar refractivity (Wildman–Crippen MR) is 94.0 cm³/mol. The first kappa shape index (κ1) is 15.8. The molecule has 0 bridgehead atoms. The lowest BCUT2D eigenvalue weighted by Gasteiger charge is -2.18. The summed E-state index contributed by atoms with van der Waals surface area (Å²) in [6.07, 6.45) is 9.57. The van der Waals surface area contributed by atoms with E-state index in [1.807, 2.05) is 29.0 Å². The summed E-state index contributed by atoms with van der Waals surface area (Å²) in [6, 6.07) is 11.1. The summed E-state index contributed by atoms with van der Waals surface area (Å²) in [7, 11) is 0. The molecule has 1 aliphatic rings. The molecular formula is C19H15N7. The van der Waals surface area contributed by atoms with E-state index in [-0.39, 0.29) is 6.17 Å². The third kappa shape index (κ3) is 2.87. The third-order valence-corrected chi connectivity index (χ3v) is 4.49. The maximum atomic E-state index is 9.22. The molecule has 3 aromatic rings. The summed E-state index contributed by atoms with van der Waals surface area (Å²) in [6.45, 7) is 0.783. The van der Waals surface area contributed by atoms with E-state index < -0.39 is 0 Å². The van der Waals surface area contributed by atoms with Gasteiger partial charge in [-0.15, -0.1) is 0 Å². The molecule has 4 rings (SSSR count). The summed E-state index contributed by atoms with van der Waals surface area (Å²) < 4.78 is 1.97. The van der Waals surface area contributed by atoms with Gasteiger partial charge in [-0.2, -0.15) is 10.5 Å². The average molecular weight is 341 g/mol. The second kappa shape index (κ2) is 6.66. The van der Waals surface area contributed by atoms with E-state index >= 15 is 0 Å². The molecule has 0 aliphatic carbocycles. The van der Waals surface area contributed by atoms with Gasteiger partial charge >= 0.3 is 0 Å². The molecule has 7 nitrogen and oxygen atoms in total. The average Bonchev–Trinajstić information content (AvgIpc) is 3.37. The highest BCUT2D eigenvalue weighted by atomic mass is 15.3. The Kier molecular flexibility index (Phi) is 4.04. The van der Waals surface area contributed by atoms with Crippen molar-refractivity contribution in [3.05, 3.63) is 54.6 Å². The fraction of sp³-hybridized carbons (Fsp3) is 0.211. The van der Waals surface area contributed by atoms with Gasteiger partial charge in [-0.05, 0) is 43.2 Å². The molecule has 1 aliphatic heterocycles. The van der Waals surface area contributed by atoms with Crippen LogP contribution in [0.25, 0.3) is 22.8 Å². The van der Waals surface area contributed by atoms with Crippen LogP contribution in [-0.4, -0.2) is 31.0 Å². The van der Waals surface area contributed by atoms with Crippen LogP contribution in [0.5, 0.6) is 0 Å². The van der Waals surface area contributed by atoms with E-state index in [9.17, 15) is 5.26 Å². The molecule has 0 radical (unpaired) electrons. The van der Waals surface area contributed by atoms with Crippen LogP contribution in [0.4, 0.5) is 0 Å². The number of benzene rings is 1. The fourth-order valence-electron chi connectivity index (χ4n) is 3.14. The standard InChI is InChI=1S/C19H15N7/c20-10-14-3-5-15(6-4-14)19-22-8-7-16(24-19)17-11-26(13-23-17)18-2-1-9-25(18)12-21/h3-8,11,13,18H,1-2,9H2/t18-/m1/s1. The lowest BCUT2D eigenvalue weighted by molar-refractivity contribution is 0.281. The monoisotopic (exact) mass is 341 g/mol. The zero-order chi connectivity index (χ0) is 17.9. The van der Waals surface area contributed by atoms with Gasteiger partial charge in [0.2, 0.25) is 0 Å². The Labute approximate surface area is 150 Å². The molecule has 26 heavy (non-hydrogen) atoms. The van der Waals surface area contributed by atoms with Crippen LogP contribution in [0.1, 0.15) is 24.6 Å². The Balaban J connectivity index is 1.63. The van der Waals surface area contributed by atoms with Crippen molar-refractivity contribution in [2.75, 3.05) is 6.54 Å². The highest BCUT2D eigenvalue weighted by Crippen LogP contribution is 2.28. The molecule has 1 aromatic carbocycles. The first-order chi connectivity index (χ1) is 12.8.